The number of halogens is 1. The molecule has 0 saturated carbocycles. The molecule has 0 unspecified atom stereocenters. The Labute approximate surface area is 123 Å². The van der Waals surface area contributed by atoms with Crippen LogP contribution in [0.3, 0.4) is 0 Å². The molecule has 0 saturated heterocycles. The van der Waals surface area contributed by atoms with Gasteiger partial charge in [-0.2, -0.15) is 0 Å². The summed E-state index contributed by atoms with van der Waals surface area (Å²) in [5.41, 5.74) is 1.25. The van der Waals surface area contributed by atoms with Crippen LogP contribution < -0.4 is 11.4 Å². The van der Waals surface area contributed by atoms with Crippen molar-refractivity contribution in [3.63, 3.8) is 0 Å². The summed E-state index contributed by atoms with van der Waals surface area (Å²) in [5, 5.41) is 0.536. The molecular weight excluding hydrogens is 353 g/mol. The molecule has 1 aromatic heterocycles. The van der Waals surface area contributed by atoms with Gasteiger partial charge < -0.3 is 5.84 Å². The number of fused-ring (bicyclic) bond motifs is 1. The molecule has 19 heavy (non-hydrogen) atoms. The Kier molecular flexibility index (Phi) is 2.98. The number of hydrogen-bond acceptors (Lipinski definition) is 3. The summed E-state index contributed by atoms with van der Waals surface area (Å²) < 4.78 is 2.09. The number of nitrogens with two attached hydrogens (primary N) is 1. The van der Waals surface area contributed by atoms with E-state index in [2.05, 4.69) is 27.6 Å². The van der Waals surface area contributed by atoms with Crippen LogP contribution in [-0.2, 0) is 0 Å². The van der Waals surface area contributed by atoms with Crippen molar-refractivity contribution in [2.24, 2.45) is 0 Å². The predicted molar refractivity (Wildman–Crippen MR) is 84.3 cm³/mol. The van der Waals surface area contributed by atoms with Gasteiger partial charge in [0.25, 0.3) is 5.56 Å². The quantitative estimate of drug-likeness (QED) is 0.534. The molecule has 2 N–H and O–H groups in total. The van der Waals surface area contributed by atoms with E-state index in [9.17, 15) is 4.79 Å². The van der Waals surface area contributed by atoms with E-state index in [4.69, 9.17) is 5.84 Å². The van der Waals surface area contributed by atoms with Crippen LogP contribution in [-0.4, -0.2) is 9.66 Å². The second-order valence-electron chi connectivity index (χ2n) is 4.14. The summed E-state index contributed by atoms with van der Waals surface area (Å²) in [7, 11) is 0. The average Bonchev–Trinajstić information content (AvgIpc) is 2.44. The lowest BCUT2D eigenvalue weighted by Gasteiger charge is -2.08. The third-order valence-electron chi connectivity index (χ3n) is 2.89. The number of nitrogen functional groups attached to an aromatic ring is 1. The van der Waals surface area contributed by atoms with Gasteiger partial charge in [0.1, 0.15) is 0 Å². The molecule has 0 aliphatic rings. The Balaban J connectivity index is 2.37. The maximum absolute atomic E-state index is 12.3. The van der Waals surface area contributed by atoms with Crippen LogP contribution in [0.2, 0.25) is 0 Å². The molecule has 3 rings (SSSR count). The van der Waals surface area contributed by atoms with Crippen molar-refractivity contribution < 1.29 is 0 Å². The Bertz CT molecular complexity index is 812. The first-order valence-electron chi connectivity index (χ1n) is 5.69. The Morgan fingerprint density at radius 1 is 1.11 bits per heavy atom. The molecule has 5 heteroatoms. The molecule has 0 bridgehead atoms. The van der Waals surface area contributed by atoms with Crippen molar-refractivity contribution in [3.8, 4) is 11.4 Å². The number of nitrogens with zero attached hydrogens (tertiary/aromatic N) is 2. The molecular formula is C14H10IN3O. The van der Waals surface area contributed by atoms with Gasteiger partial charge in [-0.25, -0.2) is 9.66 Å². The van der Waals surface area contributed by atoms with E-state index in [1.165, 1.54) is 0 Å². The lowest BCUT2D eigenvalue weighted by Crippen LogP contribution is -2.29. The lowest BCUT2D eigenvalue weighted by atomic mass is 10.2. The zero-order valence-electron chi connectivity index (χ0n) is 9.88. The second kappa shape index (κ2) is 4.65. The summed E-state index contributed by atoms with van der Waals surface area (Å²) in [6.07, 6.45) is 0. The standard InChI is InChI=1S/C14H10IN3O/c15-10-6-7-12-11(8-10)14(19)18(16)13(17-12)9-4-2-1-3-5-9/h1-8H,16H2. The molecule has 0 amide bonds. The molecule has 3 aromatic rings. The molecule has 0 atom stereocenters. The topological polar surface area (TPSA) is 60.9 Å². The van der Waals surface area contributed by atoms with Gasteiger partial charge in [-0.3, -0.25) is 4.79 Å². The molecule has 1 heterocycles. The highest BCUT2D eigenvalue weighted by molar-refractivity contribution is 14.1. The maximum atomic E-state index is 12.3. The third kappa shape index (κ3) is 2.10. The van der Waals surface area contributed by atoms with Gasteiger partial charge in [0, 0.05) is 9.13 Å². The van der Waals surface area contributed by atoms with Crippen molar-refractivity contribution in [2.45, 2.75) is 0 Å². The molecule has 94 valence electrons. The highest BCUT2D eigenvalue weighted by Crippen LogP contribution is 2.18. The van der Waals surface area contributed by atoms with Crippen LogP contribution >= 0.6 is 22.6 Å². The van der Waals surface area contributed by atoms with Gasteiger partial charge in [0.05, 0.1) is 10.9 Å². The highest BCUT2D eigenvalue weighted by atomic mass is 127. The smallest absolute Gasteiger partial charge is 0.280 e. The van der Waals surface area contributed by atoms with Crippen LogP contribution in [0.1, 0.15) is 0 Å². The highest BCUT2D eigenvalue weighted by Gasteiger charge is 2.10. The van der Waals surface area contributed by atoms with E-state index in [-0.39, 0.29) is 5.56 Å². The van der Waals surface area contributed by atoms with E-state index >= 15 is 0 Å². The lowest BCUT2D eigenvalue weighted by molar-refractivity contribution is 0.927. The summed E-state index contributed by atoms with van der Waals surface area (Å²) in [6, 6.07) is 15.0. The number of hydrogen-bond donors (Lipinski definition) is 1. The summed E-state index contributed by atoms with van der Waals surface area (Å²) in [4.78, 5) is 16.8. The molecule has 4 nitrogen and oxygen atoms in total. The van der Waals surface area contributed by atoms with E-state index in [0.29, 0.717) is 16.7 Å². The zero-order valence-corrected chi connectivity index (χ0v) is 12.0. The number of rotatable bonds is 1. The fraction of sp³-hybridized carbons (Fsp3) is 0. The predicted octanol–water partition coefficient (Wildman–Crippen LogP) is 2.38. The normalized spacial score (nSPS) is 10.8. The summed E-state index contributed by atoms with van der Waals surface area (Å²) in [6.45, 7) is 0. The number of aromatic nitrogens is 2. The van der Waals surface area contributed by atoms with E-state index in [1.807, 2.05) is 42.5 Å². The first-order valence-corrected chi connectivity index (χ1v) is 6.77. The van der Waals surface area contributed by atoms with Gasteiger partial charge in [-0.05, 0) is 40.8 Å². The van der Waals surface area contributed by atoms with E-state index < -0.39 is 0 Å². The molecule has 0 fully saturated rings. The van der Waals surface area contributed by atoms with Crippen molar-refractivity contribution >= 4 is 33.5 Å². The average molecular weight is 363 g/mol. The fourth-order valence-corrected chi connectivity index (χ4v) is 2.45. The van der Waals surface area contributed by atoms with Crippen LogP contribution in [0.5, 0.6) is 0 Å². The first-order chi connectivity index (χ1) is 9.16. The van der Waals surface area contributed by atoms with Crippen LogP contribution in [0.25, 0.3) is 22.3 Å². The first kappa shape index (κ1) is 12.2. The number of benzene rings is 2. The monoisotopic (exact) mass is 363 g/mol. The van der Waals surface area contributed by atoms with E-state index in [0.717, 1.165) is 13.8 Å². The largest absolute Gasteiger partial charge is 0.334 e. The zero-order chi connectivity index (χ0) is 13.4. The second-order valence-corrected chi connectivity index (χ2v) is 5.38. The Morgan fingerprint density at radius 2 is 1.84 bits per heavy atom. The molecule has 0 radical (unpaired) electrons. The van der Waals surface area contributed by atoms with Gasteiger partial charge in [-0.1, -0.05) is 30.3 Å². The third-order valence-corrected chi connectivity index (χ3v) is 3.57. The fourth-order valence-electron chi connectivity index (χ4n) is 1.96. The molecule has 0 spiro atoms. The van der Waals surface area contributed by atoms with Crippen molar-refractivity contribution in [1.29, 1.82) is 0 Å². The van der Waals surface area contributed by atoms with Crippen LogP contribution in [0, 0.1) is 3.57 Å². The molecule has 0 aliphatic carbocycles. The summed E-state index contributed by atoms with van der Waals surface area (Å²) in [5.74, 6) is 6.34. The van der Waals surface area contributed by atoms with Crippen molar-refractivity contribution in [3.05, 3.63) is 62.5 Å². The van der Waals surface area contributed by atoms with Gasteiger partial charge in [-0.15, -0.1) is 0 Å². The minimum atomic E-state index is -0.234. The maximum Gasteiger partial charge on any atom is 0.280 e. The van der Waals surface area contributed by atoms with Crippen LogP contribution in [0.4, 0.5) is 0 Å². The summed E-state index contributed by atoms with van der Waals surface area (Å²) >= 11 is 2.16. The Hall–Kier alpha value is -1.89. The van der Waals surface area contributed by atoms with Crippen molar-refractivity contribution in [2.75, 3.05) is 5.84 Å². The van der Waals surface area contributed by atoms with Crippen LogP contribution in [0.15, 0.2) is 53.3 Å². The Morgan fingerprint density at radius 3 is 2.58 bits per heavy atom. The van der Waals surface area contributed by atoms with E-state index in [1.54, 1.807) is 6.07 Å². The van der Waals surface area contributed by atoms with Gasteiger partial charge in [0.2, 0.25) is 0 Å². The minimum Gasteiger partial charge on any atom is -0.334 e. The SMILES string of the molecule is Nn1c(-c2ccccc2)nc2ccc(I)cc2c1=O. The molecule has 0 aliphatic heterocycles. The van der Waals surface area contributed by atoms with Gasteiger partial charge >= 0.3 is 0 Å². The molecule has 2 aromatic carbocycles. The minimum absolute atomic E-state index is 0.234. The van der Waals surface area contributed by atoms with Crippen molar-refractivity contribution in [1.82, 2.24) is 9.66 Å². The van der Waals surface area contributed by atoms with Gasteiger partial charge in [0.15, 0.2) is 5.82 Å².